The van der Waals surface area contributed by atoms with E-state index in [2.05, 4.69) is 0 Å². The molecule has 0 saturated carbocycles. The van der Waals surface area contributed by atoms with Gasteiger partial charge in [-0.3, -0.25) is 0 Å². The van der Waals surface area contributed by atoms with Crippen molar-refractivity contribution in [3.63, 3.8) is 0 Å². The molecule has 2 unspecified atom stereocenters. The van der Waals surface area contributed by atoms with Gasteiger partial charge in [-0.2, -0.15) is 0 Å². The van der Waals surface area contributed by atoms with Crippen molar-refractivity contribution in [1.82, 2.24) is 0 Å². The van der Waals surface area contributed by atoms with Crippen LogP contribution < -0.4 is 0 Å². The molecule has 0 aliphatic carbocycles. The van der Waals surface area contributed by atoms with Crippen LogP contribution >= 0.6 is 0 Å². The molecule has 1 N–H and O–H groups in total. The highest BCUT2D eigenvalue weighted by atomic mass is 19.1. The van der Waals surface area contributed by atoms with Crippen LogP contribution in [0.25, 0.3) is 0 Å². The van der Waals surface area contributed by atoms with E-state index in [1.807, 2.05) is 0 Å². The van der Waals surface area contributed by atoms with Crippen molar-refractivity contribution in [2.24, 2.45) is 0 Å². The number of hydrogen-bond acceptors (Lipinski definition) is 2. The Bertz CT molecular complexity index is 334. The van der Waals surface area contributed by atoms with Crippen LogP contribution in [0.5, 0.6) is 0 Å². The van der Waals surface area contributed by atoms with Gasteiger partial charge in [-0.05, 0) is 37.0 Å². The first kappa shape index (κ1) is 11.6. The Hall–Kier alpha value is -0.930. The SMILES string of the molecule is OC(CC1CCCCO1)c1cccc(F)c1. The van der Waals surface area contributed by atoms with E-state index >= 15 is 0 Å². The Balaban J connectivity index is 1.94. The molecule has 1 heterocycles. The van der Waals surface area contributed by atoms with Crippen molar-refractivity contribution in [2.75, 3.05) is 6.61 Å². The smallest absolute Gasteiger partial charge is 0.123 e. The topological polar surface area (TPSA) is 29.5 Å². The highest BCUT2D eigenvalue weighted by Gasteiger charge is 2.19. The van der Waals surface area contributed by atoms with Gasteiger partial charge in [-0.15, -0.1) is 0 Å². The molecule has 2 nitrogen and oxygen atoms in total. The lowest BCUT2D eigenvalue weighted by molar-refractivity contribution is -0.0156. The molecule has 1 aromatic carbocycles. The van der Waals surface area contributed by atoms with E-state index in [9.17, 15) is 9.50 Å². The molecule has 1 aliphatic rings. The first-order valence-corrected chi connectivity index (χ1v) is 5.81. The first-order valence-electron chi connectivity index (χ1n) is 5.81. The molecule has 0 aromatic heterocycles. The highest BCUT2D eigenvalue weighted by molar-refractivity contribution is 5.18. The van der Waals surface area contributed by atoms with Crippen LogP contribution in [0.4, 0.5) is 4.39 Å². The Labute approximate surface area is 95.1 Å². The van der Waals surface area contributed by atoms with Crippen LogP contribution in [0.2, 0.25) is 0 Å². The average molecular weight is 224 g/mol. The minimum Gasteiger partial charge on any atom is -0.388 e. The van der Waals surface area contributed by atoms with Crippen molar-refractivity contribution in [3.8, 4) is 0 Å². The van der Waals surface area contributed by atoms with E-state index in [-0.39, 0.29) is 11.9 Å². The maximum Gasteiger partial charge on any atom is 0.123 e. The van der Waals surface area contributed by atoms with Crippen LogP contribution in [0.15, 0.2) is 24.3 Å². The number of ether oxygens (including phenoxy) is 1. The van der Waals surface area contributed by atoms with Crippen molar-refractivity contribution >= 4 is 0 Å². The Morgan fingerprint density at radius 3 is 3.00 bits per heavy atom. The predicted molar refractivity (Wildman–Crippen MR) is 59.6 cm³/mol. The fourth-order valence-electron chi connectivity index (χ4n) is 2.09. The second-order valence-electron chi connectivity index (χ2n) is 4.30. The molecular weight excluding hydrogens is 207 g/mol. The van der Waals surface area contributed by atoms with Crippen LogP contribution in [-0.2, 0) is 4.74 Å². The summed E-state index contributed by atoms with van der Waals surface area (Å²) in [6.45, 7) is 0.778. The molecule has 2 atom stereocenters. The van der Waals surface area contributed by atoms with Gasteiger partial charge in [0.25, 0.3) is 0 Å². The maximum absolute atomic E-state index is 13.0. The lowest BCUT2D eigenvalue weighted by Gasteiger charge is -2.24. The summed E-state index contributed by atoms with van der Waals surface area (Å²) in [5, 5.41) is 9.95. The second kappa shape index (κ2) is 5.41. The molecule has 0 bridgehead atoms. The number of aliphatic hydroxyl groups excluding tert-OH is 1. The third kappa shape index (κ3) is 3.03. The number of rotatable bonds is 3. The van der Waals surface area contributed by atoms with Gasteiger partial charge in [0, 0.05) is 13.0 Å². The highest BCUT2D eigenvalue weighted by Crippen LogP contribution is 2.24. The second-order valence-corrected chi connectivity index (χ2v) is 4.30. The molecule has 0 amide bonds. The summed E-state index contributed by atoms with van der Waals surface area (Å²) in [5.74, 6) is -0.305. The minimum atomic E-state index is -0.626. The normalized spacial score (nSPS) is 23.0. The van der Waals surface area contributed by atoms with E-state index in [1.54, 1.807) is 12.1 Å². The number of benzene rings is 1. The summed E-state index contributed by atoms with van der Waals surface area (Å²) in [7, 11) is 0. The van der Waals surface area contributed by atoms with Crippen LogP contribution in [0, 0.1) is 5.82 Å². The Kier molecular flexibility index (Phi) is 3.91. The monoisotopic (exact) mass is 224 g/mol. The van der Waals surface area contributed by atoms with Crippen molar-refractivity contribution in [2.45, 2.75) is 37.9 Å². The van der Waals surface area contributed by atoms with Crippen LogP contribution in [0.3, 0.4) is 0 Å². The summed E-state index contributed by atoms with van der Waals surface area (Å²) in [4.78, 5) is 0. The van der Waals surface area contributed by atoms with Crippen molar-refractivity contribution < 1.29 is 14.2 Å². The fraction of sp³-hybridized carbons (Fsp3) is 0.538. The van der Waals surface area contributed by atoms with E-state index in [4.69, 9.17) is 4.74 Å². The fourth-order valence-corrected chi connectivity index (χ4v) is 2.09. The molecular formula is C13H17FO2. The van der Waals surface area contributed by atoms with E-state index < -0.39 is 6.10 Å². The van der Waals surface area contributed by atoms with Crippen LogP contribution in [0.1, 0.15) is 37.4 Å². The number of aliphatic hydroxyl groups is 1. The van der Waals surface area contributed by atoms with Gasteiger partial charge in [0.1, 0.15) is 5.82 Å². The molecule has 88 valence electrons. The number of halogens is 1. The van der Waals surface area contributed by atoms with Crippen molar-refractivity contribution in [1.29, 1.82) is 0 Å². The first-order chi connectivity index (χ1) is 7.75. The molecule has 1 aromatic rings. The Morgan fingerprint density at radius 2 is 2.31 bits per heavy atom. The third-order valence-electron chi connectivity index (χ3n) is 2.99. The predicted octanol–water partition coefficient (Wildman–Crippen LogP) is 2.82. The lowest BCUT2D eigenvalue weighted by Crippen LogP contribution is -2.21. The van der Waals surface area contributed by atoms with Crippen LogP contribution in [-0.4, -0.2) is 17.8 Å². The van der Waals surface area contributed by atoms with E-state index in [0.29, 0.717) is 12.0 Å². The largest absolute Gasteiger partial charge is 0.388 e. The quantitative estimate of drug-likeness (QED) is 0.855. The molecule has 3 heteroatoms. The standard InChI is InChI=1S/C13H17FO2/c14-11-5-3-4-10(8-11)13(15)9-12-6-1-2-7-16-12/h3-5,8,12-13,15H,1-2,6-7,9H2. The summed E-state index contributed by atoms with van der Waals surface area (Å²) >= 11 is 0. The third-order valence-corrected chi connectivity index (χ3v) is 2.99. The molecule has 0 radical (unpaired) electrons. The zero-order chi connectivity index (χ0) is 11.4. The zero-order valence-corrected chi connectivity index (χ0v) is 9.23. The molecule has 1 fully saturated rings. The number of hydrogen-bond donors (Lipinski definition) is 1. The lowest BCUT2D eigenvalue weighted by atomic mass is 9.99. The van der Waals surface area contributed by atoms with Crippen molar-refractivity contribution in [3.05, 3.63) is 35.6 Å². The van der Waals surface area contributed by atoms with Gasteiger partial charge in [-0.25, -0.2) is 4.39 Å². The van der Waals surface area contributed by atoms with Gasteiger partial charge < -0.3 is 9.84 Å². The summed E-state index contributed by atoms with van der Waals surface area (Å²) < 4.78 is 18.5. The zero-order valence-electron chi connectivity index (χ0n) is 9.23. The van der Waals surface area contributed by atoms with E-state index in [0.717, 1.165) is 25.9 Å². The summed E-state index contributed by atoms with van der Waals surface area (Å²) in [6, 6.07) is 6.13. The maximum atomic E-state index is 13.0. The van der Waals surface area contributed by atoms with E-state index in [1.165, 1.54) is 12.1 Å². The molecule has 1 saturated heterocycles. The average Bonchev–Trinajstić information content (AvgIpc) is 2.30. The summed E-state index contributed by atoms with van der Waals surface area (Å²) in [5.41, 5.74) is 0.633. The van der Waals surface area contributed by atoms with Gasteiger partial charge in [0.05, 0.1) is 12.2 Å². The minimum absolute atomic E-state index is 0.118. The van der Waals surface area contributed by atoms with Gasteiger partial charge in [0.2, 0.25) is 0 Å². The van der Waals surface area contributed by atoms with Gasteiger partial charge in [-0.1, -0.05) is 12.1 Å². The van der Waals surface area contributed by atoms with Gasteiger partial charge >= 0.3 is 0 Å². The molecule has 1 aliphatic heterocycles. The summed E-state index contributed by atoms with van der Waals surface area (Å²) in [6.07, 6.45) is 3.30. The Morgan fingerprint density at radius 1 is 1.44 bits per heavy atom. The van der Waals surface area contributed by atoms with Gasteiger partial charge in [0.15, 0.2) is 0 Å². The molecule has 0 spiro atoms. The molecule has 2 rings (SSSR count). The molecule has 16 heavy (non-hydrogen) atoms.